The number of hydrogen-bond acceptors (Lipinski definition) is 3. The van der Waals surface area contributed by atoms with Crippen molar-refractivity contribution >= 4 is 5.91 Å². The number of amides is 1. The van der Waals surface area contributed by atoms with Crippen molar-refractivity contribution in [1.82, 2.24) is 4.90 Å². The van der Waals surface area contributed by atoms with Gasteiger partial charge < -0.3 is 15.4 Å². The highest BCUT2D eigenvalue weighted by atomic mass is 16.5. The second-order valence-corrected chi connectivity index (χ2v) is 4.56. The van der Waals surface area contributed by atoms with E-state index >= 15 is 0 Å². The van der Waals surface area contributed by atoms with Gasteiger partial charge in [0, 0.05) is 33.4 Å². The molecule has 1 saturated heterocycles. The van der Waals surface area contributed by atoms with Crippen LogP contribution in [0.15, 0.2) is 0 Å². The van der Waals surface area contributed by atoms with E-state index in [1.807, 2.05) is 11.8 Å². The van der Waals surface area contributed by atoms with Crippen molar-refractivity contribution < 1.29 is 9.53 Å². The average Bonchev–Trinajstić information content (AvgIpc) is 2.32. The Bertz CT molecular complexity index is 209. The Morgan fingerprint density at radius 3 is 2.56 bits per heavy atom. The Hall–Kier alpha value is -0.610. The van der Waals surface area contributed by atoms with Crippen molar-refractivity contribution in [2.75, 3.05) is 33.4 Å². The van der Waals surface area contributed by atoms with Gasteiger partial charge >= 0.3 is 0 Å². The van der Waals surface area contributed by atoms with Crippen LogP contribution in [-0.2, 0) is 9.53 Å². The van der Waals surface area contributed by atoms with Gasteiger partial charge in [-0.2, -0.15) is 0 Å². The number of ether oxygens (including phenoxy) is 1. The van der Waals surface area contributed by atoms with Gasteiger partial charge in [-0.05, 0) is 25.2 Å². The molecule has 0 saturated carbocycles. The summed E-state index contributed by atoms with van der Waals surface area (Å²) in [6.45, 7) is 5.03. The summed E-state index contributed by atoms with van der Waals surface area (Å²) in [5.41, 5.74) is 5.60. The maximum absolute atomic E-state index is 12.0. The third-order valence-electron chi connectivity index (χ3n) is 3.46. The molecule has 0 aromatic heterocycles. The van der Waals surface area contributed by atoms with Crippen molar-refractivity contribution in [3.05, 3.63) is 0 Å². The molecule has 1 rings (SSSR count). The smallest absolute Gasteiger partial charge is 0.226 e. The summed E-state index contributed by atoms with van der Waals surface area (Å²) in [6.07, 6.45) is 2.95. The first-order chi connectivity index (χ1) is 7.72. The molecule has 1 amide bonds. The number of carbonyl (C=O) groups excluding carboxylic acids is 1. The lowest BCUT2D eigenvalue weighted by Crippen LogP contribution is -2.44. The van der Waals surface area contributed by atoms with Crippen LogP contribution in [0.3, 0.4) is 0 Å². The zero-order valence-corrected chi connectivity index (χ0v) is 10.4. The molecular formula is C12H24N2O2. The van der Waals surface area contributed by atoms with Crippen molar-refractivity contribution in [1.29, 1.82) is 0 Å². The Balaban J connectivity index is 2.38. The van der Waals surface area contributed by atoms with Crippen LogP contribution in [0, 0.1) is 11.8 Å². The maximum atomic E-state index is 12.0. The van der Waals surface area contributed by atoms with Crippen LogP contribution >= 0.6 is 0 Å². The average molecular weight is 228 g/mol. The van der Waals surface area contributed by atoms with Gasteiger partial charge in [0.1, 0.15) is 0 Å². The summed E-state index contributed by atoms with van der Waals surface area (Å²) >= 11 is 0. The predicted molar refractivity (Wildman–Crippen MR) is 64.0 cm³/mol. The minimum Gasteiger partial charge on any atom is -0.384 e. The van der Waals surface area contributed by atoms with E-state index in [1.54, 1.807) is 7.11 Å². The minimum atomic E-state index is 0.0129. The van der Waals surface area contributed by atoms with E-state index in [2.05, 4.69) is 0 Å². The van der Waals surface area contributed by atoms with Crippen LogP contribution in [0.4, 0.5) is 0 Å². The molecule has 2 N–H and O–H groups in total. The fraction of sp³-hybridized carbons (Fsp3) is 0.917. The Morgan fingerprint density at radius 2 is 2.12 bits per heavy atom. The number of rotatable bonds is 5. The topological polar surface area (TPSA) is 55.6 Å². The highest BCUT2D eigenvalue weighted by molar-refractivity contribution is 5.79. The molecule has 1 heterocycles. The second kappa shape index (κ2) is 6.86. The molecule has 0 aromatic rings. The molecule has 4 nitrogen and oxygen atoms in total. The summed E-state index contributed by atoms with van der Waals surface area (Å²) < 4.78 is 5.14. The fourth-order valence-corrected chi connectivity index (χ4v) is 2.26. The van der Waals surface area contributed by atoms with E-state index in [9.17, 15) is 4.79 Å². The predicted octanol–water partition coefficient (Wildman–Crippen LogP) is 0.856. The summed E-state index contributed by atoms with van der Waals surface area (Å²) in [6, 6.07) is 0. The van der Waals surface area contributed by atoms with Gasteiger partial charge in [0.2, 0.25) is 5.91 Å². The number of piperidine rings is 1. The van der Waals surface area contributed by atoms with Gasteiger partial charge in [0.15, 0.2) is 0 Å². The number of hydrogen-bond donors (Lipinski definition) is 1. The molecule has 4 heteroatoms. The lowest BCUT2D eigenvalue weighted by molar-refractivity contribution is -0.137. The minimum absolute atomic E-state index is 0.0129. The van der Waals surface area contributed by atoms with E-state index in [-0.39, 0.29) is 11.8 Å². The highest BCUT2D eigenvalue weighted by Crippen LogP contribution is 2.19. The molecule has 1 fully saturated rings. The summed E-state index contributed by atoms with van der Waals surface area (Å²) in [7, 11) is 1.74. The van der Waals surface area contributed by atoms with E-state index in [0.717, 1.165) is 39.0 Å². The van der Waals surface area contributed by atoms with E-state index in [0.29, 0.717) is 12.5 Å². The standard InChI is InChI=1S/C12H24N2O2/c1-3-11(8-13)12(15)14-6-4-10(5-7-14)9-16-2/h10-11H,3-9,13H2,1-2H3. The highest BCUT2D eigenvalue weighted by Gasteiger charge is 2.26. The SMILES string of the molecule is CCC(CN)C(=O)N1CCC(COC)CC1. The maximum Gasteiger partial charge on any atom is 0.226 e. The first-order valence-electron chi connectivity index (χ1n) is 6.20. The van der Waals surface area contributed by atoms with Crippen LogP contribution in [-0.4, -0.2) is 44.2 Å². The van der Waals surface area contributed by atoms with Crippen LogP contribution < -0.4 is 5.73 Å². The van der Waals surface area contributed by atoms with Crippen molar-refractivity contribution in [3.63, 3.8) is 0 Å². The number of likely N-dealkylation sites (tertiary alicyclic amines) is 1. The van der Waals surface area contributed by atoms with Gasteiger partial charge in [0.05, 0.1) is 5.92 Å². The van der Waals surface area contributed by atoms with Crippen LogP contribution in [0.25, 0.3) is 0 Å². The lowest BCUT2D eigenvalue weighted by atomic mass is 9.96. The van der Waals surface area contributed by atoms with Gasteiger partial charge in [-0.15, -0.1) is 0 Å². The number of carbonyl (C=O) groups is 1. The first kappa shape index (κ1) is 13.5. The summed E-state index contributed by atoms with van der Waals surface area (Å²) in [5.74, 6) is 0.867. The third kappa shape index (κ3) is 3.46. The molecule has 0 bridgehead atoms. The van der Waals surface area contributed by atoms with Gasteiger partial charge in [-0.3, -0.25) is 4.79 Å². The van der Waals surface area contributed by atoms with E-state index in [1.165, 1.54) is 0 Å². The molecule has 0 aromatic carbocycles. The quantitative estimate of drug-likeness (QED) is 0.759. The van der Waals surface area contributed by atoms with Gasteiger partial charge in [0.25, 0.3) is 0 Å². The van der Waals surface area contributed by atoms with E-state index in [4.69, 9.17) is 10.5 Å². The third-order valence-corrected chi connectivity index (χ3v) is 3.46. The van der Waals surface area contributed by atoms with E-state index < -0.39 is 0 Å². The van der Waals surface area contributed by atoms with Crippen LogP contribution in [0.1, 0.15) is 26.2 Å². The van der Waals surface area contributed by atoms with Crippen molar-refractivity contribution in [2.45, 2.75) is 26.2 Å². The normalized spacial score (nSPS) is 19.8. The van der Waals surface area contributed by atoms with Crippen LogP contribution in [0.5, 0.6) is 0 Å². The Morgan fingerprint density at radius 1 is 1.50 bits per heavy atom. The molecule has 0 aliphatic carbocycles. The largest absolute Gasteiger partial charge is 0.384 e. The molecule has 0 spiro atoms. The zero-order valence-electron chi connectivity index (χ0n) is 10.4. The zero-order chi connectivity index (χ0) is 12.0. The van der Waals surface area contributed by atoms with Crippen LogP contribution in [0.2, 0.25) is 0 Å². The molecule has 16 heavy (non-hydrogen) atoms. The molecular weight excluding hydrogens is 204 g/mol. The molecule has 1 aliphatic heterocycles. The molecule has 1 aliphatic rings. The monoisotopic (exact) mass is 228 g/mol. The molecule has 0 radical (unpaired) electrons. The van der Waals surface area contributed by atoms with Gasteiger partial charge in [-0.25, -0.2) is 0 Å². The van der Waals surface area contributed by atoms with Crippen molar-refractivity contribution in [3.8, 4) is 0 Å². The second-order valence-electron chi connectivity index (χ2n) is 4.56. The number of nitrogens with zero attached hydrogens (tertiary/aromatic N) is 1. The lowest BCUT2D eigenvalue weighted by Gasteiger charge is -2.33. The summed E-state index contributed by atoms with van der Waals surface area (Å²) in [5, 5.41) is 0. The summed E-state index contributed by atoms with van der Waals surface area (Å²) in [4.78, 5) is 14.0. The van der Waals surface area contributed by atoms with Gasteiger partial charge in [-0.1, -0.05) is 6.92 Å². The van der Waals surface area contributed by atoms with Crippen molar-refractivity contribution in [2.24, 2.45) is 17.6 Å². The molecule has 94 valence electrons. The molecule has 1 atom stereocenters. The molecule has 1 unspecified atom stereocenters. The number of nitrogens with two attached hydrogens (primary N) is 1. The Kier molecular flexibility index (Phi) is 5.77. The number of methoxy groups -OCH3 is 1. The first-order valence-corrected chi connectivity index (χ1v) is 6.20. The fourth-order valence-electron chi connectivity index (χ4n) is 2.26. The Labute approximate surface area is 98.1 Å².